The monoisotopic (exact) mass is 470 g/mol. The van der Waals surface area contributed by atoms with Gasteiger partial charge in [-0.2, -0.15) is 0 Å². The molecule has 0 saturated heterocycles. The second-order valence-electron chi connectivity index (χ2n) is 15.0. The van der Waals surface area contributed by atoms with Crippen LogP contribution in [-0.4, -0.2) is 23.6 Å². The molecule has 4 nitrogen and oxygen atoms in total. The molecule has 5 fully saturated rings. The summed E-state index contributed by atoms with van der Waals surface area (Å²) in [6, 6.07) is 0. The fraction of sp³-hybridized carbons (Fsp3) is 0.900. The molecule has 0 bridgehead atoms. The molecule has 0 radical (unpaired) electrons. The van der Waals surface area contributed by atoms with E-state index >= 15 is 0 Å². The van der Waals surface area contributed by atoms with Crippen molar-refractivity contribution in [2.45, 2.75) is 118 Å². The van der Waals surface area contributed by atoms with E-state index in [1.54, 1.807) is 0 Å². The number of ketones is 2. The van der Waals surface area contributed by atoms with E-state index in [4.69, 9.17) is 4.74 Å². The Labute approximate surface area is 206 Å². The van der Waals surface area contributed by atoms with Crippen molar-refractivity contribution in [1.82, 2.24) is 0 Å². The smallest absolute Gasteiger partial charge is 0.293 e. The summed E-state index contributed by atoms with van der Waals surface area (Å²) in [6.07, 6.45) is 9.05. The molecule has 34 heavy (non-hydrogen) atoms. The first-order chi connectivity index (χ1) is 15.7. The van der Waals surface area contributed by atoms with Gasteiger partial charge in [0, 0.05) is 30.1 Å². The zero-order chi connectivity index (χ0) is 24.9. The van der Waals surface area contributed by atoms with Crippen LogP contribution in [-0.2, 0) is 19.1 Å². The van der Waals surface area contributed by atoms with Gasteiger partial charge in [-0.15, -0.1) is 0 Å². The number of hydrogen-bond acceptors (Lipinski definition) is 4. The van der Waals surface area contributed by atoms with Crippen molar-refractivity contribution >= 4 is 18.0 Å². The quantitative estimate of drug-likeness (QED) is 0.430. The van der Waals surface area contributed by atoms with Gasteiger partial charge >= 0.3 is 0 Å². The SMILES string of the molecule is CC1(C)CC[C@]2(OC=O)CC[C@]3(C)[C@H](C(=O)C[C@@H]4[C@@]5(C)CCC(=O)C(C)(C)[C@@H]5CC[C@]43C)[C@@H]2C1. The van der Waals surface area contributed by atoms with Crippen LogP contribution in [0.3, 0.4) is 0 Å². The third-order valence-corrected chi connectivity index (χ3v) is 13.0. The maximum atomic E-state index is 14.3. The summed E-state index contributed by atoms with van der Waals surface area (Å²) in [5, 5.41) is 0. The molecule has 8 atom stereocenters. The van der Waals surface area contributed by atoms with Gasteiger partial charge in [-0.1, -0.05) is 48.5 Å². The molecule has 0 aromatic carbocycles. The Kier molecular flexibility index (Phi) is 5.18. The molecule has 5 rings (SSSR count). The van der Waals surface area contributed by atoms with Crippen LogP contribution >= 0.6 is 0 Å². The average molecular weight is 471 g/mol. The zero-order valence-electron chi connectivity index (χ0n) is 22.6. The molecule has 5 aliphatic rings. The first-order valence-corrected chi connectivity index (χ1v) is 13.8. The van der Waals surface area contributed by atoms with Crippen molar-refractivity contribution in [2.24, 2.45) is 50.7 Å². The van der Waals surface area contributed by atoms with Gasteiger partial charge in [-0.3, -0.25) is 14.4 Å². The van der Waals surface area contributed by atoms with Crippen LogP contribution < -0.4 is 0 Å². The molecular formula is C30H46O4. The molecule has 0 N–H and O–H groups in total. The lowest BCUT2D eigenvalue weighted by molar-refractivity contribution is -0.248. The predicted octanol–water partition coefficient (Wildman–Crippen LogP) is 6.54. The van der Waals surface area contributed by atoms with Gasteiger partial charge in [0.2, 0.25) is 0 Å². The van der Waals surface area contributed by atoms with Crippen molar-refractivity contribution in [2.75, 3.05) is 0 Å². The highest BCUT2D eigenvalue weighted by atomic mass is 16.5. The van der Waals surface area contributed by atoms with Crippen molar-refractivity contribution in [1.29, 1.82) is 0 Å². The van der Waals surface area contributed by atoms with Crippen LogP contribution in [0.15, 0.2) is 0 Å². The highest BCUT2D eigenvalue weighted by Gasteiger charge is 2.72. The predicted molar refractivity (Wildman–Crippen MR) is 132 cm³/mol. The van der Waals surface area contributed by atoms with Crippen molar-refractivity contribution in [3.8, 4) is 0 Å². The first kappa shape index (κ1) is 24.5. The highest BCUT2D eigenvalue weighted by Crippen LogP contribution is 2.75. The Balaban J connectivity index is 1.59. The summed E-state index contributed by atoms with van der Waals surface area (Å²) < 4.78 is 5.95. The molecule has 190 valence electrons. The Morgan fingerprint density at radius 1 is 0.824 bits per heavy atom. The Morgan fingerprint density at radius 2 is 1.50 bits per heavy atom. The van der Waals surface area contributed by atoms with Gasteiger partial charge in [-0.05, 0) is 84.9 Å². The highest BCUT2D eigenvalue weighted by molar-refractivity contribution is 5.86. The number of Topliss-reactive ketones (excluding diaryl/α,β-unsaturated/α-hetero) is 2. The fourth-order valence-corrected chi connectivity index (χ4v) is 10.8. The third kappa shape index (κ3) is 2.92. The maximum absolute atomic E-state index is 14.3. The van der Waals surface area contributed by atoms with Crippen LogP contribution in [0.2, 0.25) is 0 Å². The van der Waals surface area contributed by atoms with Gasteiger partial charge in [0.15, 0.2) is 0 Å². The van der Waals surface area contributed by atoms with Crippen LogP contribution in [0, 0.1) is 50.7 Å². The Morgan fingerprint density at radius 3 is 2.18 bits per heavy atom. The fourth-order valence-electron chi connectivity index (χ4n) is 10.8. The van der Waals surface area contributed by atoms with Crippen LogP contribution in [0.5, 0.6) is 0 Å². The average Bonchev–Trinajstić information content (AvgIpc) is 2.74. The summed E-state index contributed by atoms with van der Waals surface area (Å²) in [7, 11) is 0. The summed E-state index contributed by atoms with van der Waals surface area (Å²) >= 11 is 0. The van der Waals surface area contributed by atoms with E-state index in [0.29, 0.717) is 42.7 Å². The summed E-state index contributed by atoms with van der Waals surface area (Å²) in [4.78, 5) is 38.8. The van der Waals surface area contributed by atoms with Gasteiger partial charge in [-0.25, -0.2) is 0 Å². The Bertz CT molecular complexity index is 919. The molecular weight excluding hydrogens is 424 g/mol. The van der Waals surface area contributed by atoms with Gasteiger partial charge in [0.05, 0.1) is 0 Å². The van der Waals surface area contributed by atoms with Gasteiger partial charge < -0.3 is 4.74 Å². The first-order valence-electron chi connectivity index (χ1n) is 13.8. The van der Waals surface area contributed by atoms with E-state index in [9.17, 15) is 14.4 Å². The molecule has 0 heterocycles. The van der Waals surface area contributed by atoms with Crippen molar-refractivity contribution in [3.63, 3.8) is 0 Å². The van der Waals surface area contributed by atoms with Crippen LogP contribution in [0.4, 0.5) is 0 Å². The summed E-state index contributed by atoms with van der Waals surface area (Å²) in [6.45, 7) is 16.9. The third-order valence-electron chi connectivity index (χ3n) is 13.0. The van der Waals surface area contributed by atoms with Crippen molar-refractivity contribution < 1.29 is 19.1 Å². The van der Waals surface area contributed by atoms with Gasteiger partial charge in [0.1, 0.15) is 17.2 Å². The maximum Gasteiger partial charge on any atom is 0.293 e. The second kappa shape index (κ2) is 7.19. The van der Waals surface area contributed by atoms with Crippen molar-refractivity contribution in [3.05, 3.63) is 0 Å². The number of carbonyl (C=O) groups is 3. The zero-order valence-corrected chi connectivity index (χ0v) is 22.6. The molecule has 0 aromatic rings. The number of hydrogen-bond donors (Lipinski definition) is 0. The molecule has 0 unspecified atom stereocenters. The number of ether oxygens (including phenoxy) is 1. The number of fused-ring (bicyclic) bond motifs is 7. The lowest BCUT2D eigenvalue weighted by Gasteiger charge is -2.72. The second-order valence-corrected chi connectivity index (χ2v) is 15.0. The number of rotatable bonds is 2. The molecule has 4 heteroatoms. The lowest BCUT2D eigenvalue weighted by atomic mass is 9.32. The minimum absolute atomic E-state index is 0.0215. The minimum Gasteiger partial charge on any atom is -0.461 e. The Hall–Kier alpha value is -1.19. The van der Waals surface area contributed by atoms with Crippen LogP contribution in [0.25, 0.3) is 0 Å². The molecule has 0 spiro atoms. The van der Waals surface area contributed by atoms with Gasteiger partial charge in [0.25, 0.3) is 6.47 Å². The number of carbonyl (C=O) groups excluding carboxylic acids is 3. The van der Waals surface area contributed by atoms with E-state index in [2.05, 4.69) is 48.5 Å². The molecule has 5 aliphatic carbocycles. The summed E-state index contributed by atoms with van der Waals surface area (Å²) in [5.74, 6) is 1.55. The van der Waals surface area contributed by atoms with E-state index in [-0.39, 0.29) is 38.9 Å². The minimum atomic E-state index is -0.472. The molecule has 0 aromatic heterocycles. The van der Waals surface area contributed by atoms with E-state index in [1.165, 1.54) is 0 Å². The van der Waals surface area contributed by atoms with E-state index < -0.39 is 5.60 Å². The van der Waals surface area contributed by atoms with E-state index in [0.717, 1.165) is 51.4 Å². The largest absolute Gasteiger partial charge is 0.461 e. The summed E-state index contributed by atoms with van der Waals surface area (Å²) in [5.41, 5.74) is -0.632. The molecule has 0 aliphatic heterocycles. The molecule has 0 amide bonds. The van der Waals surface area contributed by atoms with Crippen LogP contribution in [0.1, 0.15) is 113 Å². The lowest BCUT2D eigenvalue weighted by Crippen LogP contribution is -2.70. The standard InChI is InChI=1S/C30H46O4/c1-25(2)12-14-30(34-18-31)15-13-29(7)24(19(30)17-25)20(32)16-22-27(5)10-9-23(33)26(3,4)21(27)8-11-28(22,29)6/h18-19,21-22,24H,8-17H2,1-7H3/t19-,21-,22+,24-,27-,28+,29+,30-/m0/s1. The van der Waals surface area contributed by atoms with E-state index in [1.807, 2.05) is 0 Å². The molecule has 5 saturated carbocycles. The normalized spacial score (nSPS) is 51.4. The topological polar surface area (TPSA) is 60.4 Å².